The molecule has 162 valence electrons. The Morgan fingerprint density at radius 3 is 2.55 bits per heavy atom. The van der Waals surface area contributed by atoms with Gasteiger partial charge in [0, 0.05) is 32.7 Å². The van der Waals surface area contributed by atoms with Crippen LogP contribution in [0, 0.1) is 0 Å². The van der Waals surface area contributed by atoms with Crippen molar-refractivity contribution in [3.05, 3.63) is 35.4 Å². The first-order valence-corrected chi connectivity index (χ1v) is 10.2. The number of aliphatic imine (C=N–C) groups is 1. The predicted molar refractivity (Wildman–Crippen MR) is 126 cm³/mol. The summed E-state index contributed by atoms with van der Waals surface area (Å²) in [6.07, 6.45) is 1.59. The molecule has 7 nitrogen and oxygen atoms in total. The number of nitrogens with two attached hydrogens (primary N) is 1. The smallest absolute Gasteiger partial charge is 0.237 e. The maximum absolute atomic E-state index is 11.7. The molecule has 0 aromatic heterocycles. The van der Waals surface area contributed by atoms with Crippen LogP contribution in [0.1, 0.15) is 38.3 Å². The van der Waals surface area contributed by atoms with E-state index in [1.807, 2.05) is 39.0 Å². The molecule has 0 spiro atoms. The van der Waals surface area contributed by atoms with Crippen molar-refractivity contribution in [3.8, 4) is 0 Å². The van der Waals surface area contributed by atoms with Crippen molar-refractivity contribution < 1.29 is 9.90 Å². The van der Waals surface area contributed by atoms with Gasteiger partial charge in [0.05, 0.1) is 12.1 Å². The summed E-state index contributed by atoms with van der Waals surface area (Å²) < 4.78 is 0. The fraction of sp³-hybridized carbons (Fsp3) is 0.619. The third-order valence-electron chi connectivity index (χ3n) is 6.12. The number of nitrogens with zero attached hydrogens (tertiary/aromatic N) is 3. The van der Waals surface area contributed by atoms with Crippen LogP contribution < -0.4 is 11.1 Å². The lowest BCUT2D eigenvalue weighted by Gasteiger charge is -2.43. The fourth-order valence-corrected chi connectivity index (χ4v) is 4.10. The van der Waals surface area contributed by atoms with E-state index in [0.717, 1.165) is 50.7 Å². The predicted octanol–water partition coefficient (Wildman–Crippen LogP) is 1.29. The molecular weight excluding hydrogens is 481 g/mol. The fourth-order valence-electron chi connectivity index (χ4n) is 4.10. The Morgan fingerprint density at radius 1 is 1.28 bits per heavy atom. The number of piperazine rings is 1. The van der Waals surface area contributed by atoms with Gasteiger partial charge in [0.25, 0.3) is 0 Å². The number of hydrogen-bond acceptors (Lipinski definition) is 4. The average Bonchev–Trinajstić information content (AvgIpc) is 3.03. The zero-order chi connectivity index (χ0) is 20.4. The van der Waals surface area contributed by atoms with Gasteiger partial charge in [-0.15, -0.1) is 24.0 Å². The quantitative estimate of drug-likeness (QED) is 0.312. The molecule has 1 aromatic carbocycles. The number of hydrogen-bond donors (Lipinski definition) is 3. The summed E-state index contributed by atoms with van der Waals surface area (Å²) in [5.74, 6) is 0.514. The number of fused-ring (bicyclic) bond motifs is 1. The molecule has 1 fully saturated rings. The minimum Gasteiger partial charge on any atom is -0.383 e. The van der Waals surface area contributed by atoms with E-state index in [2.05, 4.69) is 21.2 Å². The summed E-state index contributed by atoms with van der Waals surface area (Å²) in [6.45, 7) is 9.91. The van der Waals surface area contributed by atoms with Crippen LogP contribution in [-0.4, -0.2) is 71.6 Å². The number of halogens is 1. The summed E-state index contributed by atoms with van der Waals surface area (Å²) in [7, 11) is 0. The molecule has 1 aliphatic heterocycles. The van der Waals surface area contributed by atoms with E-state index in [9.17, 15) is 9.90 Å². The van der Waals surface area contributed by atoms with Gasteiger partial charge in [-0.25, -0.2) is 4.99 Å². The number of nitrogens with one attached hydrogen (secondary N) is 1. The molecule has 0 bridgehead atoms. The SMILES string of the molecule is CCNC(=NCC1(O)CCc2ccccc21)N1CCN(C(C)(C)C(N)=O)CC1.I. The first-order valence-electron chi connectivity index (χ1n) is 10.2. The lowest BCUT2D eigenvalue weighted by molar-refractivity contribution is -0.129. The number of aliphatic hydroxyl groups is 1. The van der Waals surface area contributed by atoms with Crippen LogP contribution in [-0.2, 0) is 16.8 Å². The number of carbonyl (C=O) groups is 1. The van der Waals surface area contributed by atoms with E-state index in [4.69, 9.17) is 10.7 Å². The third kappa shape index (κ3) is 5.03. The minimum atomic E-state index is -0.896. The largest absolute Gasteiger partial charge is 0.383 e. The summed E-state index contributed by atoms with van der Waals surface area (Å²) >= 11 is 0. The highest BCUT2D eigenvalue weighted by Crippen LogP contribution is 2.36. The molecule has 1 aromatic rings. The van der Waals surface area contributed by atoms with Gasteiger partial charge >= 0.3 is 0 Å². The molecule has 1 heterocycles. The molecule has 1 atom stereocenters. The summed E-state index contributed by atoms with van der Waals surface area (Å²) in [5, 5.41) is 14.5. The molecule has 1 unspecified atom stereocenters. The van der Waals surface area contributed by atoms with Crippen LogP contribution in [0.25, 0.3) is 0 Å². The Balaban J connectivity index is 0.00000300. The molecular formula is C21H34IN5O2. The van der Waals surface area contributed by atoms with Gasteiger partial charge in [-0.2, -0.15) is 0 Å². The normalized spacial score (nSPS) is 22.8. The lowest BCUT2D eigenvalue weighted by atomic mass is 9.96. The van der Waals surface area contributed by atoms with Crippen molar-refractivity contribution in [3.63, 3.8) is 0 Å². The monoisotopic (exact) mass is 515 g/mol. The molecule has 1 amide bonds. The first-order chi connectivity index (χ1) is 13.3. The van der Waals surface area contributed by atoms with Gasteiger partial charge in [0.15, 0.2) is 5.96 Å². The molecule has 29 heavy (non-hydrogen) atoms. The van der Waals surface area contributed by atoms with E-state index in [-0.39, 0.29) is 29.9 Å². The van der Waals surface area contributed by atoms with Crippen LogP contribution in [0.15, 0.2) is 29.3 Å². The Morgan fingerprint density at radius 2 is 1.93 bits per heavy atom. The van der Waals surface area contributed by atoms with Gasteiger partial charge in [0.1, 0.15) is 5.60 Å². The molecule has 1 aliphatic carbocycles. The van der Waals surface area contributed by atoms with E-state index in [1.54, 1.807) is 0 Å². The van der Waals surface area contributed by atoms with Crippen molar-refractivity contribution in [1.82, 2.24) is 15.1 Å². The topological polar surface area (TPSA) is 94.2 Å². The highest BCUT2D eigenvalue weighted by molar-refractivity contribution is 14.0. The number of carbonyl (C=O) groups excluding carboxylic acids is 1. The van der Waals surface area contributed by atoms with Crippen LogP contribution in [0.2, 0.25) is 0 Å². The van der Waals surface area contributed by atoms with E-state index in [0.29, 0.717) is 13.0 Å². The Kier molecular flexibility index (Phi) is 7.92. The van der Waals surface area contributed by atoms with Crippen molar-refractivity contribution in [2.75, 3.05) is 39.3 Å². The number of guanidine groups is 1. The van der Waals surface area contributed by atoms with Crippen LogP contribution in [0.5, 0.6) is 0 Å². The second-order valence-corrected chi connectivity index (χ2v) is 8.26. The van der Waals surface area contributed by atoms with E-state index in [1.165, 1.54) is 5.56 Å². The van der Waals surface area contributed by atoms with Gasteiger partial charge in [-0.05, 0) is 44.7 Å². The molecule has 4 N–H and O–H groups in total. The molecule has 0 radical (unpaired) electrons. The number of primary amides is 1. The van der Waals surface area contributed by atoms with Crippen LogP contribution in [0.4, 0.5) is 0 Å². The second-order valence-electron chi connectivity index (χ2n) is 8.26. The Hall–Kier alpha value is -1.39. The van der Waals surface area contributed by atoms with Gasteiger partial charge < -0.3 is 21.1 Å². The zero-order valence-electron chi connectivity index (χ0n) is 17.6. The standard InChI is InChI=1S/C21H33N5O2.HI/c1-4-23-19(25-11-13-26(14-12-25)20(2,3)18(22)27)24-15-21(28)10-9-16-7-5-6-8-17(16)21;/h5-8,28H,4,9-15H2,1-3H3,(H2,22,27)(H,23,24);1H. The summed E-state index contributed by atoms with van der Waals surface area (Å²) in [6, 6.07) is 8.09. The Bertz CT molecular complexity index is 746. The maximum atomic E-state index is 11.7. The first kappa shape index (κ1) is 23.9. The van der Waals surface area contributed by atoms with Crippen molar-refractivity contribution >= 4 is 35.8 Å². The summed E-state index contributed by atoms with van der Waals surface area (Å²) in [5.41, 5.74) is 6.23. The minimum absolute atomic E-state index is 0. The van der Waals surface area contributed by atoms with Crippen molar-refractivity contribution in [2.45, 2.75) is 44.8 Å². The molecule has 1 saturated heterocycles. The molecule has 3 rings (SSSR count). The van der Waals surface area contributed by atoms with Crippen molar-refractivity contribution in [2.24, 2.45) is 10.7 Å². The summed E-state index contributed by atoms with van der Waals surface area (Å²) in [4.78, 5) is 20.8. The lowest BCUT2D eigenvalue weighted by Crippen LogP contribution is -2.61. The average molecular weight is 515 g/mol. The number of benzene rings is 1. The zero-order valence-corrected chi connectivity index (χ0v) is 20.0. The second kappa shape index (κ2) is 9.61. The van der Waals surface area contributed by atoms with Gasteiger partial charge in [0.2, 0.25) is 5.91 Å². The molecule has 0 saturated carbocycles. The number of aryl methyl sites for hydroxylation is 1. The van der Waals surface area contributed by atoms with E-state index < -0.39 is 11.1 Å². The van der Waals surface area contributed by atoms with Crippen molar-refractivity contribution in [1.29, 1.82) is 0 Å². The maximum Gasteiger partial charge on any atom is 0.237 e. The number of amides is 1. The number of rotatable bonds is 5. The third-order valence-corrected chi connectivity index (χ3v) is 6.12. The van der Waals surface area contributed by atoms with Gasteiger partial charge in [-0.3, -0.25) is 9.69 Å². The van der Waals surface area contributed by atoms with Gasteiger partial charge in [-0.1, -0.05) is 24.3 Å². The van der Waals surface area contributed by atoms with Crippen LogP contribution in [0.3, 0.4) is 0 Å². The highest BCUT2D eigenvalue weighted by Gasteiger charge is 2.37. The molecule has 2 aliphatic rings. The molecule has 8 heteroatoms. The van der Waals surface area contributed by atoms with Crippen LogP contribution >= 0.6 is 24.0 Å². The van der Waals surface area contributed by atoms with E-state index >= 15 is 0 Å². The Labute approximate surface area is 190 Å². The highest BCUT2D eigenvalue weighted by atomic mass is 127.